The quantitative estimate of drug-likeness (QED) is 0.0287. The molecule has 0 aliphatic carbocycles. The number of ketones is 1. The summed E-state index contributed by atoms with van der Waals surface area (Å²) < 4.78 is 17.1. The Morgan fingerprint density at radius 3 is 1.89 bits per heavy atom. The highest BCUT2D eigenvalue weighted by atomic mass is 16.6. The number of hydrogen-bond donors (Lipinski definition) is 7. The molecular formula is C66H110N10O12. The van der Waals surface area contributed by atoms with Crippen molar-refractivity contribution in [2.75, 3.05) is 66.4 Å². The molecule has 22 nitrogen and oxygen atoms in total. The number of likely N-dealkylation sites (tertiary alicyclic amines) is 1. The first-order valence-electron chi connectivity index (χ1n) is 31.0. The smallest absolute Gasteiger partial charge is 0.408 e. The Morgan fingerprint density at radius 2 is 1.36 bits per heavy atom. The number of carbonyl (C=O) groups is 9. The second-order valence-corrected chi connectivity index (χ2v) is 23.7. The maximum absolute atomic E-state index is 14.3. The standard InChI is InChI=1S/C58H92N10O12.2C3H8.C2H2/c1-14-37(4)51(46(78-12)33-48(71)68-30-19-23-45(68)52(79-13)38(5)53(73)65-44(39(6)69)32-41-20-16-15-17-21-41)67(11)49(72)35-61-55(75)50(36(2)3)66(10)31-28-40-24-26-42(27-25-40)63-54(74)43(22-18-29-60-56(59)76)64-47(70)34-62-57(77)80-58(7,8)9;2*1-3-2;1-2/h15-17,20-21,24-27,36-38,43-46,50-52H,14,18-19,22-23,28-35H2,1-13H3,(H,61,75)(H,62,77)(H,63,74)(H,64,70)(H,65,73)(H3,59,60,76);2*3H2,1-2H3;1-2H/t37-,38+,43-,44-,45-,46+,50?,51?,52+;;;/m0.../s1. The van der Waals surface area contributed by atoms with E-state index in [-0.39, 0.29) is 67.2 Å². The number of terminal acetylenes is 1. The second kappa shape index (κ2) is 43.5. The minimum atomic E-state index is -1.01. The van der Waals surface area contributed by atoms with Gasteiger partial charge in [-0.3, -0.25) is 38.5 Å². The van der Waals surface area contributed by atoms with Gasteiger partial charge in [0.25, 0.3) is 0 Å². The van der Waals surface area contributed by atoms with Gasteiger partial charge < -0.3 is 61.6 Å². The number of methoxy groups -OCH3 is 2. The average Bonchev–Trinajstić information content (AvgIpc) is 3.12. The molecule has 88 heavy (non-hydrogen) atoms. The lowest BCUT2D eigenvalue weighted by Gasteiger charge is -2.39. The molecule has 1 fully saturated rings. The van der Waals surface area contributed by atoms with Crippen LogP contribution in [0.5, 0.6) is 0 Å². The third-order valence-corrected chi connectivity index (χ3v) is 14.6. The number of Topliss-reactive ketones (excluding diaryl/α,β-unsaturated/α-hetero) is 1. The molecule has 0 spiro atoms. The van der Waals surface area contributed by atoms with Crippen LogP contribution in [0.15, 0.2) is 54.6 Å². The number of urea groups is 1. The van der Waals surface area contributed by atoms with Gasteiger partial charge >= 0.3 is 12.1 Å². The third-order valence-electron chi connectivity index (χ3n) is 14.6. The topological polar surface area (TPSA) is 289 Å². The summed E-state index contributed by atoms with van der Waals surface area (Å²) in [5.74, 6) is -3.43. The summed E-state index contributed by atoms with van der Waals surface area (Å²) in [4.78, 5) is 123. The summed E-state index contributed by atoms with van der Waals surface area (Å²) in [5, 5.41) is 16.1. The van der Waals surface area contributed by atoms with E-state index in [2.05, 4.69) is 72.4 Å². The monoisotopic (exact) mass is 1230 g/mol. The molecule has 3 rings (SSSR count). The fourth-order valence-electron chi connectivity index (χ4n) is 10.1. The lowest BCUT2D eigenvalue weighted by Crippen LogP contribution is -2.55. The molecule has 0 aromatic heterocycles. The van der Waals surface area contributed by atoms with Gasteiger partial charge in [0.1, 0.15) is 18.2 Å². The van der Waals surface area contributed by atoms with Crippen LogP contribution in [-0.2, 0) is 60.6 Å². The van der Waals surface area contributed by atoms with Gasteiger partial charge in [0.05, 0.1) is 55.3 Å². The van der Waals surface area contributed by atoms with Gasteiger partial charge in [-0.15, -0.1) is 12.8 Å². The fraction of sp³-hybridized carbons (Fsp3) is 0.652. The van der Waals surface area contributed by atoms with E-state index in [0.29, 0.717) is 57.3 Å². The van der Waals surface area contributed by atoms with E-state index < -0.39 is 84.4 Å². The zero-order valence-electron chi connectivity index (χ0n) is 56.0. The highest BCUT2D eigenvalue weighted by Gasteiger charge is 2.42. The molecule has 8 N–H and O–H groups in total. The SMILES string of the molecule is C#C.CCC.CCC.CC[C@H](C)C([C@@H](CC(=O)N1CCC[C@H]1[C@H](OC)[C@@H](C)C(=O)N[C@@H](Cc1ccccc1)C(C)=O)OC)N(C)C(=O)CNC(=O)C(C(C)C)N(C)CCc1ccc(NC(=O)[C@H](CCCNC(N)=O)NC(=O)CNC(=O)OC(C)(C)C)cc1. The number of amides is 9. The van der Waals surface area contributed by atoms with E-state index in [1.54, 1.807) is 56.7 Å². The molecule has 22 heteroatoms. The molecular weight excluding hydrogens is 1120 g/mol. The first kappa shape index (κ1) is 80.9. The zero-order valence-corrected chi connectivity index (χ0v) is 56.0. The Labute approximate surface area is 526 Å². The Hall–Kier alpha value is -7.09. The van der Waals surface area contributed by atoms with Gasteiger partial charge in [-0.05, 0) is 108 Å². The van der Waals surface area contributed by atoms with Crippen molar-refractivity contribution < 1.29 is 57.4 Å². The van der Waals surface area contributed by atoms with Crippen molar-refractivity contribution in [3.8, 4) is 12.8 Å². The second-order valence-electron chi connectivity index (χ2n) is 23.7. The molecule has 0 radical (unpaired) electrons. The summed E-state index contributed by atoms with van der Waals surface area (Å²) in [6.07, 6.45) is 11.7. The van der Waals surface area contributed by atoms with Gasteiger partial charge in [0.15, 0.2) is 5.78 Å². The van der Waals surface area contributed by atoms with Crippen LogP contribution in [0.2, 0.25) is 0 Å². The summed E-state index contributed by atoms with van der Waals surface area (Å²) >= 11 is 0. The largest absolute Gasteiger partial charge is 0.444 e. The Balaban J connectivity index is 0.00000897. The first-order chi connectivity index (χ1) is 41.5. The number of carbonyl (C=O) groups excluding carboxylic acids is 9. The summed E-state index contributed by atoms with van der Waals surface area (Å²) in [7, 11) is 6.54. The van der Waals surface area contributed by atoms with Crippen LogP contribution in [-0.4, -0.2) is 177 Å². The van der Waals surface area contributed by atoms with Crippen molar-refractivity contribution in [1.82, 2.24) is 41.3 Å². The van der Waals surface area contributed by atoms with E-state index in [0.717, 1.165) is 11.1 Å². The van der Waals surface area contributed by atoms with E-state index in [1.165, 1.54) is 34.0 Å². The van der Waals surface area contributed by atoms with Crippen molar-refractivity contribution in [2.24, 2.45) is 23.5 Å². The molecule has 0 saturated carbocycles. The highest BCUT2D eigenvalue weighted by molar-refractivity contribution is 5.97. The van der Waals surface area contributed by atoms with Crippen molar-refractivity contribution in [3.05, 3.63) is 65.7 Å². The Morgan fingerprint density at radius 1 is 0.761 bits per heavy atom. The third kappa shape index (κ3) is 30.2. The van der Waals surface area contributed by atoms with Crippen LogP contribution in [0.4, 0.5) is 15.3 Å². The van der Waals surface area contributed by atoms with Crippen LogP contribution in [0.25, 0.3) is 0 Å². The number of primary amides is 1. The predicted molar refractivity (Wildman–Crippen MR) is 347 cm³/mol. The van der Waals surface area contributed by atoms with E-state index in [1.807, 2.05) is 82.1 Å². The maximum atomic E-state index is 14.3. The van der Waals surface area contributed by atoms with Crippen LogP contribution >= 0.6 is 0 Å². The van der Waals surface area contributed by atoms with Crippen LogP contribution in [0.1, 0.15) is 153 Å². The Kier molecular flexibility index (Phi) is 40.0. The van der Waals surface area contributed by atoms with Gasteiger partial charge in [-0.2, -0.15) is 0 Å². The van der Waals surface area contributed by atoms with Gasteiger partial charge in [-0.25, -0.2) is 9.59 Å². The first-order valence-corrected chi connectivity index (χ1v) is 31.0. The number of nitrogens with two attached hydrogens (primary N) is 1. The molecule has 496 valence electrons. The molecule has 1 heterocycles. The van der Waals surface area contributed by atoms with E-state index in [4.69, 9.17) is 19.9 Å². The molecule has 9 atom stereocenters. The molecule has 2 aromatic carbocycles. The minimum Gasteiger partial charge on any atom is -0.444 e. The van der Waals surface area contributed by atoms with Gasteiger partial charge in [0.2, 0.25) is 35.4 Å². The van der Waals surface area contributed by atoms with Crippen molar-refractivity contribution in [2.45, 2.75) is 202 Å². The van der Waals surface area contributed by atoms with Gasteiger partial charge in [-0.1, -0.05) is 124 Å². The number of alkyl carbamates (subject to hydrolysis) is 1. The molecule has 2 aromatic rings. The minimum absolute atomic E-state index is 0.0406. The molecule has 0 bridgehead atoms. The summed E-state index contributed by atoms with van der Waals surface area (Å²) in [6, 6.07) is 12.6. The number of rotatable bonds is 32. The normalized spacial score (nSPS) is 15.4. The summed E-state index contributed by atoms with van der Waals surface area (Å²) in [6.45, 7) is 25.0. The van der Waals surface area contributed by atoms with Crippen molar-refractivity contribution >= 4 is 59.0 Å². The highest BCUT2D eigenvalue weighted by Crippen LogP contribution is 2.30. The molecule has 1 aliphatic rings. The lowest BCUT2D eigenvalue weighted by molar-refractivity contribution is -0.146. The van der Waals surface area contributed by atoms with E-state index in [9.17, 15) is 43.2 Å². The van der Waals surface area contributed by atoms with Crippen LogP contribution < -0.4 is 37.6 Å². The Bertz CT molecular complexity index is 2430. The number of likely N-dealkylation sites (N-methyl/N-ethyl adjacent to an activating group) is 2. The average molecular weight is 1240 g/mol. The van der Waals surface area contributed by atoms with Crippen LogP contribution in [0, 0.1) is 30.6 Å². The molecule has 2 unspecified atom stereocenters. The molecule has 1 aliphatic heterocycles. The van der Waals surface area contributed by atoms with E-state index >= 15 is 0 Å². The maximum Gasteiger partial charge on any atom is 0.408 e. The molecule has 9 amide bonds. The van der Waals surface area contributed by atoms with Gasteiger partial charge in [0, 0.05) is 46.6 Å². The fourth-order valence-corrected chi connectivity index (χ4v) is 10.1. The number of nitrogens with one attached hydrogen (secondary N) is 6. The van der Waals surface area contributed by atoms with Crippen LogP contribution in [0.3, 0.4) is 0 Å². The van der Waals surface area contributed by atoms with Crippen molar-refractivity contribution in [3.63, 3.8) is 0 Å². The molecule has 1 saturated heterocycles. The number of ether oxygens (including phenoxy) is 3. The summed E-state index contributed by atoms with van der Waals surface area (Å²) in [5.41, 5.74) is 6.70. The number of nitrogens with zero attached hydrogens (tertiary/aromatic N) is 3. The number of benzene rings is 2. The lowest BCUT2D eigenvalue weighted by atomic mass is 9.90. The zero-order chi connectivity index (χ0) is 67.3. The number of hydrogen-bond acceptors (Lipinski definition) is 13. The van der Waals surface area contributed by atoms with Crippen molar-refractivity contribution in [1.29, 1.82) is 0 Å². The predicted octanol–water partition coefficient (Wildman–Crippen LogP) is 7.02. The number of anilines is 1.